The molecule has 166 valence electrons. The van der Waals surface area contributed by atoms with Crippen LogP contribution in [0.3, 0.4) is 0 Å². The van der Waals surface area contributed by atoms with Gasteiger partial charge in [0.25, 0.3) is 0 Å². The Bertz CT molecular complexity index is 1280. The predicted molar refractivity (Wildman–Crippen MR) is 130 cm³/mol. The number of rotatable bonds is 5. The fraction of sp³-hybridized carbons (Fsp3) is 0.400. The molecule has 0 spiro atoms. The summed E-state index contributed by atoms with van der Waals surface area (Å²) in [6.45, 7) is 5.51. The largest absolute Gasteiger partial charge is 0.371 e. The third kappa shape index (κ3) is 3.95. The van der Waals surface area contributed by atoms with E-state index in [0.717, 1.165) is 40.8 Å². The van der Waals surface area contributed by atoms with Crippen molar-refractivity contribution in [1.82, 2.24) is 19.5 Å². The highest BCUT2D eigenvalue weighted by Crippen LogP contribution is 2.27. The number of para-hydroxylation sites is 1. The third-order valence-corrected chi connectivity index (χ3v) is 6.48. The molecule has 3 heterocycles. The maximum absolute atomic E-state index is 12.2. The topological polar surface area (TPSA) is 78.8 Å². The fourth-order valence-corrected chi connectivity index (χ4v) is 4.80. The van der Waals surface area contributed by atoms with E-state index in [1.807, 2.05) is 19.1 Å². The van der Waals surface area contributed by atoms with E-state index in [-0.39, 0.29) is 5.69 Å². The summed E-state index contributed by atoms with van der Waals surface area (Å²) in [5.74, 6) is 0.782. The zero-order valence-corrected chi connectivity index (χ0v) is 18.6. The molecule has 0 unspecified atom stereocenters. The Balaban J connectivity index is 1.44. The zero-order chi connectivity index (χ0) is 21.9. The summed E-state index contributed by atoms with van der Waals surface area (Å²) in [4.78, 5) is 26.7. The monoisotopic (exact) mass is 430 g/mol. The number of nitrogens with zero attached hydrogens (tertiary/aromatic N) is 4. The average molecular weight is 431 g/mol. The highest BCUT2D eigenvalue weighted by atomic mass is 16.1. The van der Waals surface area contributed by atoms with E-state index in [0.29, 0.717) is 13.1 Å². The number of benzene rings is 2. The molecule has 5 rings (SSSR count). The molecule has 1 aliphatic heterocycles. The number of nitrogens with one attached hydrogen (secondary N) is 2. The van der Waals surface area contributed by atoms with Crippen LogP contribution in [0, 0.1) is 0 Å². The Morgan fingerprint density at radius 1 is 1.03 bits per heavy atom. The van der Waals surface area contributed by atoms with Crippen LogP contribution in [0.2, 0.25) is 0 Å². The maximum atomic E-state index is 12.2. The molecule has 7 nitrogen and oxygen atoms in total. The molecule has 1 fully saturated rings. The maximum Gasteiger partial charge on any atom is 0.326 e. The van der Waals surface area contributed by atoms with Crippen LogP contribution in [0.15, 0.2) is 47.5 Å². The van der Waals surface area contributed by atoms with E-state index in [4.69, 9.17) is 0 Å². The molecule has 32 heavy (non-hydrogen) atoms. The van der Waals surface area contributed by atoms with Crippen LogP contribution in [0.4, 0.5) is 11.5 Å². The lowest BCUT2D eigenvalue weighted by molar-refractivity contribution is 0.556. The van der Waals surface area contributed by atoms with Crippen molar-refractivity contribution in [3.05, 3.63) is 58.8 Å². The average Bonchev–Trinajstić information content (AvgIpc) is 3.10. The Morgan fingerprint density at radius 3 is 2.62 bits per heavy atom. The van der Waals surface area contributed by atoms with Crippen molar-refractivity contribution in [2.75, 3.05) is 23.3 Å². The van der Waals surface area contributed by atoms with Gasteiger partial charge in [0.05, 0.1) is 16.6 Å². The van der Waals surface area contributed by atoms with E-state index >= 15 is 0 Å². The Hall–Kier alpha value is -3.35. The molecule has 7 heteroatoms. The smallest absolute Gasteiger partial charge is 0.326 e. The summed E-state index contributed by atoms with van der Waals surface area (Å²) < 4.78 is 1.73. The Morgan fingerprint density at radius 2 is 1.81 bits per heavy atom. The number of fused-ring (bicyclic) bond motifs is 2. The molecule has 0 saturated carbocycles. The number of hydrogen-bond acceptors (Lipinski definition) is 5. The number of aromatic amines is 1. The van der Waals surface area contributed by atoms with E-state index in [1.54, 1.807) is 10.9 Å². The van der Waals surface area contributed by atoms with Crippen molar-refractivity contribution in [1.29, 1.82) is 0 Å². The number of imidazole rings is 1. The minimum atomic E-state index is -0.0950. The van der Waals surface area contributed by atoms with E-state index in [2.05, 4.69) is 49.4 Å². The minimum absolute atomic E-state index is 0.0950. The van der Waals surface area contributed by atoms with Crippen LogP contribution in [0.5, 0.6) is 0 Å². The van der Waals surface area contributed by atoms with Crippen molar-refractivity contribution < 1.29 is 0 Å². The number of anilines is 2. The van der Waals surface area contributed by atoms with Crippen LogP contribution in [0.1, 0.15) is 44.6 Å². The van der Waals surface area contributed by atoms with Crippen molar-refractivity contribution in [2.24, 2.45) is 0 Å². The van der Waals surface area contributed by atoms with Gasteiger partial charge in [0.15, 0.2) is 0 Å². The lowest BCUT2D eigenvalue weighted by atomic mass is 10.1. The second-order valence-electron chi connectivity index (χ2n) is 8.52. The first-order valence-corrected chi connectivity index (χ1v) is 11.7. The van der Waals surface area contributed by atoms with Gasteiger partial charge in [-0.2, -0.15) is 0 Å². The number of H-pyrrole nitrogens is 1. The molecule has 0 atom stereocenters. The van der Waals surface area contributed by atoms with Gasteiger partial charge in [-0.05, 0) is 43.5 Å². The van der Waals surface area contributed by atoms with E-state index in [9.17, 15) is 4.79 Å². The normalized spacial score (nSPS) is 15.1. The van der Waals surface area contributed by atoms with Crippen molar-refractivity contribution in [2.45, 2.75) is 52.1 Å². The van der Waals surface area contributed by atoms with Crippen LogP contribution < -0.4 is 15.9 Å². The summed E-state index contributed by atoms with van der Waals surface area (Å²) >= 11 is 0. The number of hydrogen-bond donors (Lipinski definition) is 2. The highest BCUT2D eigenvalue weighted by molar-refractivity contribution is 5.98. The predicted octanol–water partition coefficient (Wildman–Crippen LogP) is 4.68. The first kappa shape index (κ1) is 20.5. The van der Waals surface area contributed by atoms with E-state index in [1.165, 1.54) is 43.4 Å². The fourth-order valence-electron chi connectivity index (χ4n) is 4.80. The molecule has 4 aromatic rings. The molecule has 2 aromatic heterocycles. The van der Waals surface area contributed by atoms with Gasteiger partial charge >= 0.3 is 5.69 Å². The number of aryl methyl sites for hydroxylation is 1. The molecule has 0 radical (unpaired) electrons. The van der Waals surface area contributed by atoms with Crippen LogP contribution in [-0.4, -0.2) is 32.6 Å². The first-order chi connectivity index (χ1) is 15.7. The summed E-state index contributed by atoms with van der Waals surface area (Å²) in [6, 6.07) is 12.6. The molecule has 2 N–H and O–H groups in total. The number of aromatic nitrogens is 4. The van der Waals surface area contributed by atoms with Crippen LogP contribution in [-0.2, 0) is 13.1 Å². The summed E-state index contributed by atoms with van der Waals surface area (Å²) in [7, 11) is 0. The molecular weight excluding hydrogens is 400 g/mol. The van der Waals surface area contributed by atoms with Crippen LogP contribution >= 0.6 is 0 Å². The quantitative estimate of drug-likeness (QED) is 0.481. The molecular formula is C25H30N6O. The standard InChI is InChI=1S/C25H30N6O/c1-2-31-23-15-20-19(14-21(23)29-25(31)32)24(28-17-27-20)26-16-18-10-6-7-11-22(18)30-12-8-4-3-5-9-13-30/h6-7,10-11,14-15,17H,2-5,8-9,12-13,16H2,1H3,(H,29,32)(H,26,27,28). The molecule has 0 bridgehead atoms. The van der Waals surface area contributed by atoms with Crippen LogP contribution in [0.25, 0.3) is 21.9 Å². The van der Waals surface area contributed by atoms with Gasteiger partial charge < -0.3 is 15.2 Å². The second kappa shape index (κ2) is 9.02. The van der Waals surface area contributed by atoms with E-state index < -0.39 is 0 Å². The second-order valence-corrected chi connectivity index (χ2v) is 8.52. The Kier molecular flexibility index (Phi) is 5.79. The van der Waals surface area contributed by atoms with Gasteiger partial charge in [0, 0.05) is 37.3 Å². The van der Waals surface area contributed by atoms with Gasteiger partial charge in [-0.1, -0.05) is 37.5 Å². The third-order valence-electron chi connectivity index (χ3n) is 6.48. The summed E-state index contributed by atoms with van der Waals surface area (Å²) in [5, 5.41) is 4.45. The Labute approximate surface area is 187 Å². The lowest BCUT2D eigenvalue weighted by Gasteiger charge is -2.29. The molecule has 1 saturated heterocycles. The SMILES string of the molecule is CCn1c(=O)[nH]c2cc3c(NCc4ccccc4N4CCCCCCC4)ncnc3cc21. The van der Waals surface area contributed by atoms with Gasteiger partial charge in [-0.3, -0.25) is 4.57 Å². The van der Waals surface area contributed by atoms with Crippen molar-refractivity contribution in [3.8, 4) is 0 Å². The summed E-state index contributed by atoms with van der Waals surface area (Å²) in [5.41, 5.74) is 4.99. The summed E-state index contributed by atoms with van der Waals surface area (Å²) in [6.07, 6.45) is 8.09. The minimum Gasteiger partial charge on any atom is -0.371 e. The van der Waals surface area contributed by atoms with Gasteiger partial charge in [0.2, 0.25) is 0 Å². The molecule has 2 aromatic carbocycles. The van der Waals surface area contributed by atoms with Gasteiger partial charge in [-0.25, -0.2) is 14.8 Å². The van der Waals surface area contributed by atoms with Gasteiger partial charge in [-0.15, -0.1) is 0 Å². The van der Waals surface area contributed by atoms with Gasteiger partial charge in [0.1, 0.15) is 12.1 Å². The molecule has 1 aliphatic rings. The zero-order valence-electron chi connectivity index (χ0n) is 18.6. The molecule has 0 amide bonds. The van der Waals surface area contributed by atoms with Crippen molar-refractivity contribution >= 4 is 33.4 Å². The lowest BCUT2D eigenvalue weighted by Crippen LogP contribution is -2.28. The highest BCUT2D eigenvalue weighted by Gasteiger charge is 2.14. The molecule has 0 aliphatic carbocycles. The van der Waals surface area contributed by atoms with Crippen molar-refractivity contribution in [3.63, 3.8) is 0 Å². The first-order valence-electron chi connectivity index (χ1n) is 11.7.